The minimum Gasteiger partial charge on any atom is -0.441 e. The molecule has 1 aliphatic rings. The van der Waals surface area contributed by atoms with Crippen molar-refractivity contribution >= 4 is 23.5 Å². The van der Waals surface area contributed by atoms with Gasteiger partial charge < -0.3 is 20.1 Å². The fraction of sp³-hybridized carbons (Fsp3) is 0.500. The molecule has 0 bridgehead atoms. The molecule has 1 aliphatic heterocycles. The summed E-state index contributed by atoms with van der Waals surface area (Å²) in [4.78, 5) is 19.0. The second-order valence-electron chi connectivity index (χ2n) is 8.43. The third kappa shape index (κ3) is 6.42. The maximum Gasteiger partial charge on any atom is 0.522 e. The molecule has 1 saturated heterocycles. The molecule has 38 heavy (non-hydrogen) atoms. The van der Waals surface area contributed by atoms with Crippen molar-refractivity contribution in [3.05, 3.63) is 35.4 Å². The standard InChI is InChI=1S/C20H20F7N7O4/c1-8(2)28-18(35)38-11-7-36-16(15(11)21)10-3-13(33-32-10)31-17-30-12(19(22,23)24)4-14-29-9(5-34(14)17)6-37-20(25,26)27/h3-5,8,11,15-16H,6-7H2,1-2H3,(H,28,35)(H2,30,31,32,33)/t11-,15+,16-/m0/s1. The number of aromatic amines is 1. The number of nitrogens with zero attached hydrogens (tertiary/aromatic N) is 4. The highest BCUT2D eigenvalue weighted by Crippen LogP contribution is 2.34. The van der Waals surface area contributed by atoms with Crippen LogP contribution in [-0.2, 0) is 27.0 Å². The van der Waals surface area contributed by atoms with Crippen molar-refractivity contribution in [3.63, 3.8) is 0 Å². The van der Waals surface area contributed by atoms with Gasteiger partial charge in [0, 0.05) is 24.4 Å². The molecule has 1 fully saturated rings. The van der Waals surface area contributed by atoms with Crippen LogP contribution >= 0.6 is 0 Å². The van der Waals surface area contributed by atoms with Crippen molar-refractivity contribution in [1.82, 2.24) is 29.9 Å². The van der Waals surface area contributed by atoms with Crippen LogP contribution in [0.4, 0.5) is 47.3 Å². The zero-order valence-corrected chi connectivity index (χ0v) is 19.5. The van der Waals surface area contributed by atoms with E-state index in [1.165, 1.54) is 6.07 Å². The molecule has 0 radical (unpaired) electrons. The fourth-order valence-corrected chi connectivity index (χ4v) is 3.50. The van der Waals surface area contributed by atoms with Crippen molar-refractivity contribution in [1.29, 1.82) is 0 Å². The van der Waals surface area contributed by atoms with E-state index in [0.29, 0.717) is 6.07 Å². The van der Waals surface area contributed by atoms with Crippen molar-refractivity contribution < 1.29 is 49.7 Å². The molecule has 0 unspecified atom stereocenters. The highest BCUT2D eigenvalue weighted by Gasteiger charge is 2.42. The first kappa shape index (κ1) is 27.4. The van der Waals surface area contributed by atoms with Gasteiger partial charge in [0.1, 0.15) is 11.8 Å². The SMILES string of the molecule is CC(C)NC(=O)O[C@H]1CO[C@@H](c2cc(Nc3nc(C(F)(F)F)cc4nc(COC(F)(F)F)cn34)n[nH]2)[C@@H]1F. The number of nitrogens with one attached hydrogen (secondary N) is 3. The number of hydrogen-bond donors (Lipinski definition) is 3. The van der Waals surface area contributed by atoms with Crippen molar-refractivity contribution in [2.24, 2.45) is 0 Å². The fourth-order valence-electron chi connectivity index (χ4n) is 3.50. The third-order valence-corrected chi connectivity index (χ3v) is 5.07. The first-order valence-corrected chi connectivity index (χ1v) is 10.9. The number of aromatic nitrogens is 5. The first-order valence-electron chi connectivity index (χ1n) is 10.9. The number of alkyl carbamates (subject to hydrolysis) is 1. The van der Waals surface area contributed by atoms with Gasteiger partial charge in [0.15, 0.2) is 23.8 Å². The lowest BCUT2D eigenvalue weighted by Gasteiger charge is -2.16. The topological polar surface area (TPSA) is 128 Å². The van der Waals surface area contributed by atoms with Crippen molar-refractivity contribution in [2.45, 2.75) is 57.4 Å². The number of carbonyl (C=O) groups is 1. The number of anilines is 2. The number of H-pyrrole nitrogens is 1. The quantitative estimate of drug-likeness (QED) is 0.371. The zero-order chi connectivity index (χ0) is 27.8. The van der Waals surface area contributed by atoms with Crippen LogP contribution in [0.3, 0.4) is 0 Å². The minimum absolute atomic E-state index is 0.0727. The van der Waals surface area contributed by atoms with Crippen LogP contribution in [0.5, 0.6) is 0 Å². The smallest absolute Gasteiger partial charge is 0.441 e. The van der Waals surface area contributed by atoms with Crippen molar-refractivity contribution in [3.8, 4) is 0 Å². The second-order valence-corrected chi connectivity index (χ2v) is 8.43. The summed E-state index contributed by atoms with van der Waals surface area (Å²) >= 11 is 0. The van der Waals surface area contributed by atoms with E-state index in [1.807, 2.05) is 0 Å². The largest absolute Gasteiger partial charge is 0.522 e. The van der Waals surface area contributed by atoms with Crippen LogP contribution in [-0.4, -0.2) is 61.9 Å². The molecule has 0 spiro atoms. The molecular formula is C20H20F7N7O4. The Kier molecular flexibility index (Phi) is 7.37. The van der Waals surface area contributed by atoms with Crippen LogP contribution in [0, 0.1) is 0 Å². The summed E-state index contributed by atoms with van der Waals surface area (Å²) in [6.07, 6.45) is -13.9. The Bertz CT molecular complexity index is 1290. The van der Waals surface area contributed by atoms with E-state index in [1.54, 1.807) is 13.8 Å². The summed E-state index contributed by atoms with van der Waals surface area (Å²) in [5, 5.41) is 11.3. The monoisotopic (exact) mass is 555 g/mol. The predicted molar refractivity (Wildman–Crippen MR) is 113 cm³/mol. The van der Waals surface area contributed by atoms with Gasteiger partial charge in [0.05, 0.1) is 24.6 Å². The van der Waals surface area contributed by atoms with Crippen molar-refractivity contribution in [2.75, 3.05) is 11.9 Å². The third-order valence-electron chi connectivity index (χ3n) is 5.07. The number of imidazole rings is 1. The van der Waals surface area contributed by atoms with Crippen LogP contribution in [0.25, 0.3) is 5.65 Å². The van der Waals surface area contributed by atoms with E-state index >= 15 is 0 Å². The van der Waals surface area contributed by atoms with Gasteiger partial charge in [-0.05, 0) is 13.8 Å². The highest BCUT2D eigenvalue weighted by molar-refractivity contribution is 5.67. The summed E-state index contributed by atoms with van der Waals surface area (Å²) in [6.45, 7) is 2.07. The normalized spacial score (nSPS) is 20.3. The molecule has 1 amide bonds. The van der Waals surface area contributed by atoms with E-state index < -0.39 is 55.3 Å². The first-order chi connectivity index (χ1) is 17.7. The highest BCUT2D eigenvalue weighted by atomic mass is 19.4. The van der Waals surface area contributed by atoms with Crippen LogP contribution in [0.1, 0.15) is 37.0 Å². The van der Waals surface area contributed by atoms with E-state index in [2.05, 4.69) is 35.5 Å². The predicted octanol–water partition coefficient (Wildman–Crippen LogP) is 4.16. The molecule has 3 aromatic rings. The molecule has 4 heterocycles. The van der Waals surface area contributed by atoms with E-state index in [4.69, 9.17) is 9.47 Å². The number of halogens is 7. The zero-order valence-electron chi connectivity index (χ0n) is 19.5. The molecule has 4 rings (SSSR count). The summed E-state index contributed by atoms with van der Waals surface area (Å²) in [5.74, 6) is -0.609. The lowest BCUT2D eigenvalue weighted by molar-refractivity contribution is -0.330. The van der Waals surface area contributed by atoms with Crippen LogP contribution in [0.2, 0.25) is 0 Å². The van der Waals surface area contributed by atoms with Gasteiger partial charge in [0.2, 0.25) is 5.95 Å². The molecule has 0 aliphatic carbocycles. The number of carbonyl (C=O) groups excluding carboxylic acids is 1. The van der Waals surface area contributed by atoms with Crippen LogP contribution < -0.4 is 10.6 Å². The van der Waals surface area contributed by atoms with E-state index in [0.717, 1.165) is 10.6 Å². The molecule has 18 heteroatoms. The van der Waals surface area contributed by atoms with Gasteiger partial charge in [-0.1, -0.05) is 0 Å². The number of fused-ring (bicyclic) bond motifs is 1. The van der Waals surface area contributed by atoms with E-state index in [-0.39, 0.29) is 35.5 Å². The lowest BCUT2D eigenvalue weighted by Crippen LogP contribution is -2.36. The molecule has 208 valence electrons. The Labute approximate surface area is 208 Å². The Hall–Kier alpha value is -3.67. The molecule has 0 aromatic carbocycles. The summed E-state index contributed by atoms with van der Waals surface area (Å²) in [6, 6.07) is 1.54. The van der Waals surface area contributed by atoms with Crippen LogP contribution in [0.15, 0.2) is 18.3 Å². The average molecular weight is 555 g/mol. The van der Waals surface area contributed by atoms with Gasteiger partial charge in [-0.25, -0.2) is 19.2 Å². The molecular weight excluding hydrogens is 535 g/mol. The van der Waals surface area contributed by atoms with Gasteiger partial charge in [-0.3, -0.25) is 14.2 Å². The minimum atomic E-state index is -4.98. The Morgan fingerprint density at radius 3 is 2.63 bits per heavy atom. The van der Waals surface area contributed by atoms with Gasteiger partial charge >= 0.3 is 18.6 Å². The molecule has 0 saturated carbocycles. The number of ether oxygens (including phenoxy) is 3. The summed E-state index contributed by atoms with van der Waals surface area (Å²) in [5.41, 5.74) is -1.99. The number of alkyl halides is 7. The second kappa shape index (κ2) is 10.2. The maximum atomic E-state index is 14.9. The van der Waals surface area contributed by atoms with Gasteiger partial charge in [-0.15, -0.1) is 13.2 Å². The molecule has 3 N–H and O–H groups in total. The molecule has 11 nitrogen and oxygen atoms in total. The molecule has 3 atom stereocenters. The Morgan fingerprint density at radius 1 is 1.24 bits per heavy atom. The number of rotatable bonds is 7. The average Bonchev–Trinajstić information content (AvgIpc) is 3.50. The number of hydrogen-bond acceptors (Lipinski definition) is 8. The Balaban J connectivity index is 1.54. The summed E-state index contributed by atoms with van der Waals surface area (Å²) < 4.78 is 107. The van der Waals surface area contributed by atoms with E-state index in [9.17, 15) is 35.5 Å². The maximum absolute atomic E-state index is 14.9. The lowest BCUT2D eigenvalue weighted by atomic mass is 10.1. The molecule has 3 aromatic heterocycles. The van der Waals surface area contributed by atoms with Gasteiger partial charge in [-0.2, -0.15) is 18.3 Å². The number of amides is 1. The summed E-state index contributed by atoms with van der Waals surface area (Å²) in [7, 11) is 0. The Morgan fingerprint density at radius 2 is 1.97 bits per heavy atom. The van der Waals surface area contributed by atoms with Gasteiger partial charge in [0.25, 0.3) is 0 Å².